The highest BCUT2D eigenvalue weighted by atomic mass is 16.5. The van der Waals surface area contributed by atoms with Crippen molar-refractivity contribution in [1.82, 2.24) is 5.32 Å². The number of rotatable bonds is 7. The summed E-state index contributed by atoms with van der Waals surface area (Å²) in [5.41, 5.74) is 1.08. The van der Waals surface area contributed by atoms with Crippen molar-refractivity contribution in [3.63, 3.8) is 0 Å². The molecule has 22 heavy (non-hydrogen) atoms. The molecule has 3 atom stereocenters. The second-order valence-corrected chi connectivity index (χ2v) is 5.77. The maximum Gasteiger partial charge on any atom is 0.223 e. The van der Waals surface area contributed by atoms with Gasteiger partial charge in [-0.3, -0.25) is 4.79 Å². The van der Waals surface area contributed by atoms with Gasteiger partial charge >= 0.3 is 0 Å². The molecule has 1 amide bonds. The van der Waals surface area contributed by atoms with Crippen LogP contribution in [0.2, 0.25) is 0 Å². The first-order chi connectivity index (χ1) is 10.7. The minimum absolute atomic E-state index is 0.0273. The third-order valence-electron chi connectivity index (χ3n) is 3.96. The molecular weight excluding hydrogens is 278 g/mol. The fraction of sp³-hybridized carbons (Fsp3) is 0.500. The maximum absolute atomic E-state index is 12.0. The number of carbonyl (C=O) groups excluding carboxylic acids is 1. The summed E-state index contributed by atoms with van der Waals surface area (Å²) in [7, 11) is 0. The fourth-order valence-corrected chi connectivity index (χ4v) is 2.53. The molecule has 0 aliphatic heterocycles. The molecule has 1 aromatic rings. The van der Waals surface area contributed by atoms with Crippen molar-refractivity contribution >= 4 is 5.91 Å². The van der Waals surface area contributed by atoms with Gasteiger partial charge in [-0.15, -0.1) is 0 Å². The van der Waals surface area contributed by atoms with Crippen LogP contribution in [0.15, 0.2) is 42.5 Å². The first-order valence-corrected chi connectivity index (χ1v) is 7.94. The van der Waals surface area contributed by atoms with Crippen molar-refractivity contribution in [2.24, 2.45) is 5.92 Å². The van der Waals surface area contributed by atoms with Crippen LogP contribution in [0.25, 0.3) is 0 Å². The Balaban J connectivity index is 1.66. The van der Waals surface area contributed by atoms with E-state index in [-0.39, 0.29) is 31.1 Å². The van der Waals surface area contributed by atoms with Gasteiger partial charge < -0.3 is 15.2 Å². The smallest absolute Gasteiger partial charge is 0.223 e. The Morgan fingerprint density at radius 2 is 2.14 bits per heavy atom. The molecule has 0 spiro atoms. The maximum atomic E-state index is 12.0. The van der Waals surface area contributed by atoms with E-state index in [2.05, 4.69) is 17.5 Å². The van der Waals surface area contributed by atoms with Crippen molar-refractivity contribution in [3.8, 4) is 0 Å². The van der Waals surface area contributed by atoms with Gasteiger partial charge in [0, 0.05) is 12.5 Å². The molecule has 0 bridgehead atoms. The summed E-state index contributed by atoms with van der Waals surface area (Å²) in [6, 6.07) is 9.88. The number of ether oxygens (including phenoxy) is 1. The molecule has 2 N–H and O–H groups in total. The summed E-state index contributed by atoms with van der Waals surface area (Å²) < 4.78 is 5.66. The lowest BCUT2D eigenvalue weighted by atomic mass is 9.94. The Morgan fingerprint density at radius 3 is 2.82 bits per heavy atom. The zero-order valence-electron chi connectivity index (χ0n) is 13.1. The van der Waals surface area contributed by atoms with E-state index >= 15 is 0 Å². The average Bonchev–Trinajstić information content (AvgIpc) is 2.59. The third-order valence-corrected chi connectivity index (χ3v) is 3.96. The molecule has 0 radical (unpaired) electrons. The highest BCUT2D eigenvalue weighted by molar-refractivity contribution is 5.78. The van der Waals surface area contributed by atoms with Gasteiger partial charge in [0.2, 0.25) is 5.91 Å². The largest absolute Gasteiger partial charge is 0.389 e. The number of aliphatic hydroxyl groups excluding tert-OH is 1. The Labute approximate surface area is 132 Å². The SMILES string of the molecule is C[C@H](OC[C@H](O)CNC(=O)[C@H]1CC=CCC1)c1ccccc1. The zero-order valence-corrected chi connectivity index (χ0v) is 13.1. The Morgan fingerprint density at radius 1 is 1.36 bits per heavy atom. The van der Waals surface area contributed by atoms with Crippen LogP contribution in [0.3, 0.4) is 0 Å². The standard InChI is InChI=1S/C18H25NO3/c1-14(15-8-4-2-5-9-15)22-13-17(20)12-19-18(21)16-10-6-3-7-11-16/h2-6,8-9,14,16-17,20H,7,10-13H2,1H3,(H,19,21)/t14-,16-,17+/m0/s1. The number of hydrogen-bond acceptors (Lipinski definition) is 3. The molecule has 0 unspecified atom stereocenters. The van der Waals surface area contributed by atoms with Crippen LogP contribution >= 0.6 is 0 Å². The predicted molar refractivity (Wildman–Crippen MR) is 86.3 cm³/mol. The average molecular weight is 303 g/mol. The van der Waals surface area contributed by atoms with E-state index in [9.17, 15) is 9.90 Å². The molecule has 120 valence electrons. The summed E-state index contributed by atoms with van der Waals surface area (Å²) in [6.07, 6.45) is 6.04. The molecule has 0 saturated carbocycles. The van der Waals surface area contributed by atoms with Crippen molar-refractivity contribution in [2.75, 3.05) is 13.2 Å². The van der Waals surface area contributed by atoms with Crippen molar-refractivity contribution in [3.05, 3.63) is 48.0 Å². The van der Waals surface area contributed by atoms with Gasteiger partial charge in [0.25, 0.3) is 0 Å². The van der Waals surface area contributed by atoms with Crippen molar-refractivity contribution < 1.29 is 14.6 Å². The van der Waals surface area contributed by atoms with Gasteiger partial charge in [-0.05, 0) is 31.7 Å². The number of hydrogen-bond donors (Lipinski definition) is 2. The third kappa shape index (κ3) is 5.28. The van der Waals surface area contributed by atoms with Gasteiger partial charge in [-0.2, -0.15) is 0 Å². The molecule has 0 fully saturated rings. The van der Waals surface area contributed by atoms with E-state index in [4.69, 9.17) is 4.74 Å². The van der Waals surface area contributed by atoms with Crippen LogP contribution in [-0.2, 0) is 9.53 Å². The van der Waals surface area contributed by atoms with Crippen molar-refractivity contribution in [1.29, 1.82) is 0 Å². The molecule has 4 heteroatoms. The van der Waals surface area contributed by atoms with Gasteiger partial charge in [0.1, 0.15) is 0 Å². The summed E-state index contributed by atoms with van der Waals surface area (Å²) in [5, 5.41) is 12.8. The summed E-state index contributed by atoms with van der Waals surface area (Å²) >= 11 is 0. The number of benzene rings is 1. The quantitative estimate of drug-likeness (QED) is 0.761. The number of carbonyl (C=O) groups is 1. The predicted octanol–water partition coefficient (Wildman–Crippen LogP) is 2.60. The molecule has 1 aromatic carbocycles. The second-order valence-electron chi connectivity index (χ2n) is 5.77. The number of nitrogens with one attached hydrogen (secondary N) is 1. The zero-order chi connectivity index (χ0) is 15.8. The van der Waals surface area contributed by atoms with E-state index in [0.717, 1.165) is 24.8 Å². The van der Waals surface area contributed by atoms with Gasteiger partial charge in [0.15, 0.2) is 0 Å². The van der Waals surface area contributed by atoms with Crippen LogP contribution in [0.5, 0.6) is 0 Å². The monoisotopic (exact) mass is 303 g/mol. The molecule has 0 aromatic heterocycles. The number of amides is 1. The van der Waals surface area contributed by atoms with Gasteiger partial charge in [-0.1, -0.05) is 42.5 Å². The van der Waals surface area contributed by atoms with E-state index < -0.39 is 6.10 Å². The van der Waals surface area contributed by atoms with Gasteiger partial charge in [0.05, 0.1) is 18.8 Å². The van der Waals surface area contributed by atoms with E-state index in [1.807, 2.05) is 37.3 Å². The molecule has 0 saturated heterocycles. The highest BCUT2D eigenvalue weighted by Gasteiger charge is 2.19. The van der Waals surface area contributed by atoms with E-state index in [0.29, 0.717) is 0 Å². The van der Waals surface area contributed by atoms with Gasteiger partial charge in [-0.25, -0.2) is 0 Å². The highest BCUT2D eigenvalue weighted by Crippen LogP contribution is 2.18. The molecule has 1 aliphatic carbocycles. The first-order valence-electron chi connectivity index (χ1n) is 7.94. The van der Waals surface area contributed by atoms with Crippen molar-refractivity contribution in [2.45, 2.75) is 38.4 Å². The van der Waals surface area contributed by atoms with Crippen LogP contribution in [0, 0.1) is 5.92 Å². The van der Waals surface area contributed by atoms with E-state index in [1.54, 1.807) is 0 Å². The lowest BCUT2D eigenvalue weighted by Crippen LogP contribution is -2.38. The van der Waals surface area contributed by atoms with E-state index in [1.165, 1.54) is 0 Å². The Hall–Kier alpha value is -1.65. The minimum Gasteiger partial charge on any atom is -0.389 e. The topological polar surface area (TPSA) is 58.6 Å². The fourth-order valence-electron chi connectivity index (χ4n) is 2.53. The first kappa shape index (κ1) is 16.7. The van der Waals surface area contributed by atoms with Crippen LogP contribution < -0.4 is 5.32 Å². The Kier molecular flexibility index (Phi) is 6.62. The molecule has 4 nitrogen and oxygen atoms in total. The van der Waals surface area contributed by atoms with Crippen LogP contribution in [-0.4, -0.2) is 30.3 Å². The molecular formula is C18H25NO3. The molecule has 1 aliphatic rings. The molecule has 2 rings (SSSR count). The number of allylic oxidation sites excluding steroid dienone is 2. The number of aliphatic hydroxyl groups is 1. The van der Waals surface area contributed by atoms with Crippen LogP contribution in [0.1, 0.15) is 37.9 Å². The summed E-state index contributed by atoms with van der Waals surface area (Å²) in [4.78, 5) is 12.0. The normalized spacial score (nSPS) is 20.4. The second kappa shape index (κ2) is 8.71. The van der Waals surface area contributed by atoms with Crippen LogP contribution in [0.4, 0.5) is 0 Å². The Bertz CT molecular complexity index is 486. The summed E-state index contributed by atoms with van der Waals surface area (Å²) in [6.45, 7) is 2.40. The lowest BCUT2D eigenvalue weighted by molar-refractivity contribution is -0.126. The molecule has 0 heterocycles. The minimum atomic E-state index is -0.686. The summed E-state index contributed by atoms with van der Waals surface area (Å²) in [5.74, 6) is 0.0702. The lowest BCUT2D eigenvalue weighted by Gasteiger charge is -2.20.